The number of methoxy groups -OCH3 is 1. The Morgan fingerprint density at radius 2 is 2.14 bits per heavy atom. The van der Waals surface area contributed by atoms with Crippen LogP contribution in [-0.4, -0.2) is 23.7 Å². The fraction of sp³-hybridized carbons (Fsp3) is 0.125. The molecule has 3 rings (SSSR count). The van der Waals surface area contributed by atoms with Gasteiger partial charge in [-0.25, -0.2) is 9.37 Å². The van der Waals surface area contributed by atoms with Crippen LogP contribution in [0.4, 0.5) is 4.39 Å². The van der Waals surface area contributed by atoms with E-state index in [9.17, 15) is 4.39 Å². The van der Waals surface area contributed by atoms with E-state index in [1.807, 2.05) is 6.07 Å². The van der Waals surface area contributed by atoms with Crippen LogP contribution < -0.4 is 9.47 Å². The average molecular weight is 297 g/mol. The molecule has 0 spiro atoms. The van der Waals surface area contributed by atoms with E-state index in [4.69, 9.17) is 14.7 Å². The number of fused-ring (bicyclic) bond motifs is 1. The van der Waals surface area contributed by atoms with Crippen LogP contribution in [0.3, 0.4) is 0 Å². The van der Waals surface area contributed by atoms with Gasteiger partial charge >= 0.3 is 0 Å². The molecular weight excluding hydrogens is 285 g/mol. The van der Waals surface area contributed by atoms with Gasteiger partial charge in [0.1, 0.15) is 29.2 Å². The summed E-state index contributed by atoms with van der Waals surface area (Å²) in [4.78, 5) is 7.49. The Morgan fingerprint density at radius 3 is 2.91 bits per heavy atom. The quantitative estimate of drug-likeness (QED) is 0.802. The van der Waals surface area contributed by atoms with Gasteiger partial charge in [-0.15, -0.1) is 0 Å². The predicted octanol–water partition coefficient (Wildman–Crippen LogP) is 3.28. The van der Waals surface area contributed by atoms with Gasteiger partial charge in [0.15, 0.2) is 6.61 Å². The van der Waals surface area contributed by atoms with Gasteiger partial charge in [-0.3, -0.25) is 0 Å². The van der Waals surface area contributed by atoms with Gasteiger partial charge in [0.25, 0.3) is 0 Å². The van der Waals surface area contributed by atoms with Crippen molar-refractivity contribution in [2.45, 2.75) is 0 Å². The maximum atomic E-state index is 13.2. The van der Waals surface area contributed by atoms with Gasteiger partial charge in [-0.05, 0) is 30.3 Å². The second-order valence-electron chi connectivity index (χ2n) is 4.56. The van der Waals surface area contributed by atoms with Crippen LogP contribution in [0, 0.1) is 17.1 Å². The summed E-state index contributed by atoms with van der Waals surface area (Å²) in [6.45, 7) is -0.0353. The van der Waals surface area contributed by atoms with Crippen LogP contribution >= 0.6 is 0 Å². The van der Waals surface area contributed by atoms with Crippen molar-refractivity contribution in [2.75, 3.05) is 13.7 Å². The molecule has 0 saturated carbocycles. The van der Waals surface area contributed by atoms with Crippen LogP contribution in [0.25, 0.3) is 22.4 Å². The highest BCUT2D eigenvalue weighted by molar-refractivity contribution is 5.80. The van der Waals surface area contributed by atoms with Crippen molar-refractivity contribution in [1.29, 1.82) is 5.26 Å². The van der Waals surface area contributed by atoms with Crippen molar-refractivity contribution in [3.05, 3.63) is 42.2 Å². The van der Waals surface area contributed by atoms with E-state index in [2.05, 4.69) is 9.97 Å². The number of imidazole rings is 1. The Morgan fingerprint density at radius 1 is 1.27 bits per heavy atom. The van der Waals surface area contributed by atoms with Gasteiger partial charge in [0, 0.05) is 6.07 Å². The third-order valence-electron chi connectivity index (χ3n) is 3.18. The molecule has 2 aromatic carbocycles. The van der Waals surface area contributed by atoms with E-state index in [1.165, 1.54) is 19.2 Å². The molecular formula is C16H12FN3O2. The molecule has 1 heterocycles. The van der Waals surface area contributed by atoms with E-state index in [0.717, 1.165) is 5.56 Å². The summed E-state index contributed by atoms with van der Waals surface area (Å²) >= 11 is 0. The Hall–Kier alpha value is -3.07. The number of nitriles is 1. The zero-order chi connectivity index (χ0) is 15.5. The minimum atomic E-state index is -0.324. The van der Waals surface area contributed by atoms with Crippen molar-refractivity contribution in [3.8, 4) is 29.0 Å². The number of aromatic nitrogens is 2. The predicted molar refractivity (Wildman–Crippen MR) is 79.1 cm³/mol. The van der Waals surface area contributed by atoms with Crippen LogP contribution in [0.5, 0.6) is 11.5 Å². The summed E-state index contributed by atoms with van der Waals surface area (Å²) in [6.07, 6.45) is 0. The fourth-order valence-corrected chi connectivity index (χ4v) is 2.18. The Bertz CT molecular complexity index is 867. The maximum absolute atomic E-state index is 13.2. The lowest BCUT2D eigenvalue weighted by Crippen LogP contribution is -1.95. The molecule has 110 valence electrons. The molecule has 0 saturated heterocycles. The van der Waals surface area contributed by atoms with E-state index < -0.39 is 0 Å². The topological polar surface area (TPSA) is 70.9 Å². The van der Waals surface area contributed by atoms with Crippen molar-refractivity contribution in [2.24, 2.45) is 0 Å². The second-order valence-corrected chi connectivity index (χ2v) is 4.56. The number of ether oxygens (including phenoxy) is 2. The molecule has 0 atom stereocenters. The van der Waals surface area contributed by atoms with Crippen LogP contribution in [0.1, 0.15) is 0 Å². The monoisotopic (exact) mass is 297 g/mol. The number of nitrogens with one attached hydrogen (secondary N) is 1. The number of benzene rings is 2. The van der Waals surface area contributed by atoms with E-state index >= 15 is 0 Å². The first kappa shape index (κ1) is 13.9. The van der Waals surface area contributed by atoms with Gasteiger partial charge in [0.05, 0.1) is 23.7 Å². The number of nitrogens with zero attached hydrogens (tertiary/aromatic N) is 2. The lowest BCUT2D eigenvalue weighted by Gasteiger charge is -2.08. The molecule has 22 heavy (non-hydrogen) atoms. The SMILES string of the molecule is COc1cc(OCC#N)ccc1-c1nc2ccc(F)cc2[nH]1. The highest BCUT2D eigenvalue weighted by Gasteiger charge is 2.12. The van der Waals surface area contributed by atoms with Crippen molar-refractivity contribution in [1.82, 2.24) is 9.97 Å². The normalized spacial score (nSPS) is 10.4. The van der Waals surface area contributed by atoms with E-state index in [0.29, 0.717) is 28.4 Å². The molecule has 0 fully saturated rings. The van der Waals surface area contributed by atoms with Crippen molar-refractivity contribution >= 4 is 11.0 Å². The van der Waals surface area contributed by atoms with E-state index in [-0.39, 0.29) is 12.4 Å². The summed E-state index contributed by atoms with van der Waals surface area (Å²) in [5.41, 5.74) is 2.01. The zero-order valence-electron chi connectivity index (χ0n) is 11.8. The number of rotatable bonds is 4. The minimum absolute atomic E-state index is 0.0353. The molecule has 0 bridgehead atoms. The molecule has 5 nitrogen and oxygen atoms in total. The zero-order valence-corrected chi connectivity index (χ0v) is 11.8. The second kappa shape index (κ2) is 5.74. The highest BCUT2D eigenvalue weighted by Crippen LogP contribution is 2.32. The first-order chi connectivity index (χ1) is 10.7. The average Bonchev–Trinajstić information content (AvgIpc) is 2.95. The Labute approximate surface area is 125 Å². The molecule has 1 N–H and O–H groups in total. The molecule has 0 aliphatic heterocycles. The van der Waals surface area contributed by atoms with Crippen molar-refractivity contribution in [3.63, 3.8) is 0 Å². The summed E-state index contributed by atoms with van der Waals surface area (Å²) in [7, 11) is 1.54. The van der Waals surface area contributed by atoms with Gasteiger partial charge in [-0.1, -0.05) is 0 Å². The van der Waals surface area contributed by atoms with Crippen LogP contribution in [0.15, 0.2) is 36.4 Å². The number of halogens is 1. The number of H-pyrrole nitrogens is 1. The third-order valence-corrected chi connectivity index (χ3v) is 3.18. The summed E-state index contributed by atoms with van der Waals surface area (Å²) in [6, 6.07) is 11.5. The minimum Gasteiger partial charge on any atom is -0.496 e. The van der Waals surface area contributed by atoms with Crippen LogP contribution in [0.2, 0.25) is 0 Å². The lowest BCUT2D eigenvalue weighted by atomic mass is 10.2. The van der Waals surface area contributed by atoms with Gasteiger partial charge < -0.3 is 14.5 Å². The van der Waals surface area contributed by atoms with Crippen LogP contribution in [-0.2, 0) is 0 Å². The molecule has 0 amide bonds. The largest absolute Gasteiger partial charge is 0.496 e. The van der Waals surface area contributed by atoms with Gasteiger partial charge in [0.2, 0.25) is 0 Å². The number of hydrogen-bond donors (Lipinski definition) is 1. The molecule has 6 heteroatoms. The maximum Gasteiger partial charge on any atom is 0.174 e. The molecule has 0 radical (unpaired) electrons. The standard InChI is InChI=1S/C16H12FN3O2/c1-21-15-9-11(22-7-6-18)3-4-12(15)16-19-13-5-2-10(17)8-14(13)20-16/h2-5,8-9H,7H2,1H3,(H,19,20). The molecule has 1 aromatic heterocycles. The smallest absolute Gasteiger partial charge is 0.174 e. The summed E-state index contributed by atoms with van der Waals surface area (Å²) in [5, 5.41) is 8.54. The first-order valence-corrected chi connectivity index (χ1v) is 6.54. The Kier molecular flexibility index (Phi) is 3.62. The first-order valence-electron chi connectivity index (χ1n) is 6.54. The molecule has 0 unspecified atom stereocenters. The Balaban J connectivity index is 2.03. The molecule has 3 aromatic rings. The summed E-state index contributed by atoms with van der Waals surface area (Å²) in [5.74, 6) is 1.33. The highest BCUT2D eigenvalue weighted by atomic mass is 19.1. The summed E-state index contributed by atoms with van der Waals surface area (Å²) < 4.78 is 23.8. The number of hydrogen-bond acceptors (Lipinski definition) is 4. The molecule has 0 aliphatic rings. The van der Waals surface area contributed by atoms with Crippen molar-refractivity contribution < 1.29 is 13.9 Å². The lowest BCUT2D eigenvalue weighted by molar-refractivity contribution is 0.361. The number of aromatic amines is 1. The fourth-order valence-electron chi connectivity index (χ4n) is 2.18. The van der Waals surface area contributed by atoms with Gasteiger partial charge in [-0.2, -0.15) is 5.26 Å². The van der Waals surface area contributed by atoms with E-state index in [1.54, 1.807) is 24.3 Å². The third kappa shape index (κ3) is 2.56. The molecule has 0 aliphatic carbocycles.